The highest BCUT2D eigenvalue weighted by Gasteiger charge is 2.19. The van der Waals surface area contributed by atoms with E-state index in [-0.39, 0.29) is 28.4 Å². The van der Waals surface area contributed by atoms with Crippen molar-refractivity contribution in [3.63, 3.8) is 0 Å². The van der Waals surface area contributed by atoms with Gasteiger partial charge in [0.05, 0.1) is 9.79 Å². The molecule has 0 radical (unpaired) electrons. The number of carbonyl (C=O) groups is 1. The summed E-state index contributed by atoms with van der Waals surface area (Å²) in [4.78, 5) is 11.9. The second-order valence-electron chi connectivity index (χ2n) is 6.07. The van der Waals surface area contributed by atoms with Crippen LogP contribution in [0.15, 0.2) is 52.3 Å². The molecule has 1 aliphatic rings. The van der Waals surface area contributed by atoms with Crippen molar-refractivity contribution in [2.45, 2.75) is 16.2 Å². The number of sulfonamides is 2. The van der Waals surface area contributed by atoms with Crippen LogP contribution in [0.2, 0.25) is 0 Å². The monoisotopic (exact) mass is 441 g/mol. The summed E-state index contributed by atoms with van der Waals surface area (Å²) in [6.07, 6.45) is -0.163. The van der Waals surface area contributed by atoms with Gasteiger partial charge in [-0.25, -0.2) is 26.7 Å². The van der Waals surface area contributed by atoms with Crippen LogP contribution in [0.25, 0.3) is 0 Å². The molecule has 0 aliphatic carbocycles. The number of primary sulfonamides is 1. The molecule has 0 saturated carbocycles. The Balaban J connectivity index is 1.57. The second-order valence-corrected chi connectivity index (χ2v) is 9.40. The van der Waals surface area contributed by atoms with Crippen molar-refractivity contribution in [2.24, 2.45) is 5.14 Å². The maximum Gasteiger partial charge on any atom is 0.240 e. The quantitative estimate of drug-likeness (QED) is 0.562. The molecule has 3 rings (SSSR count). The lowest BCUT2D eigenvalue weighted by Crippen LogP contribution is -2.28. The standard InChI is InChI=1S/C17H19N3O7S2/c18-28(22,23)13-3-1-2-12(10-13)20-17(21)6-7-19-29(24,25)14-4-5-15-16(11-14)27-9-8-26-15/h1-5,10-11,19H,6-9H2,(H,20,21)(H2,18,22,23). The van der Waals surface area contributed by atoms with E-state index in [1.165, 1.54) is 42.5 Å². The van der Waals surface area contributed by atoms with E-state index < -0.39 is 26.0 Å². The molecule has 4 N–H and O–H groups in total. The van der Waals surface area contributed by atoms with Crippen molar-refractivity contribution in [2.75, 3.05) is 25.1 Å². The average molecular weight is 441 g/mol. The Labute approximate surface area is 168 Å². The number of carbonyl (C=O) groups excluding carboxylic acids is 1. The first-order valence-corrected chi connectivity index (χ1v) is 11.5. The normalized spacial score (nSPS) is 13.7. The fraction of sp³-hybridized carbons (Fsp3) is 0.235. The second kappa shape index (κ2) is 8.37. The third-order valence-corrected chi connectivity index (χ3v) is 6.28. The van der Waals surface area contributed by atoms with Crippen molar-refractivity contribution in [1.29, 1.82) is 0 Å². The summed E-state index contributed by atoms with van der Waals surface area (Å²) in [7, 11) is -7.75. The Hall–Kier alpha value is -2.67. The highest BCUT2D eigenvalue weighted by atomic mass is 32.2. The lowest BCUT2D eigenvalue weighted by Gasteiger charge is -2.18. The van der Waals surface area contributed by atoms with Gasteiger partial charge in [-0.05, 0) is 30.3 Å². The van der Waals surface area contributed by atoms with Gasteiger partial charge in [-0.1, -0.05) is 6.07 Å². The smallest absolute Gasteiger partial charge is 0.240 e. The molecule has 1 amide bonds. The van der Waals surface area contributed by atoms with E-state index in [4.69, 9.17) is 14.6 Å². The predicted octanol–water partition coefficient (Wildman–Crippen LogP) is 0.412. The highest BCUT2D eigenvalue weighted by Crippen LogP contribution is 2.32. The van der Waals surface area contributed by atoms with Crippen molar-refractivity contribution >= 4 is 31.6 Å². The molecule has 0 spiro atoms. The predicted molar refractivity (Wildman–Crippen MR) is 104 cm³/mol. The Morgan fingerprint density at radius 3 is 2.41 bits per heavy atom. The number of nitrogens with two attached hydrogens (primary N) is 1. The van der Waals surface area contributed by atoms with E-state index in [1.54, 1.807) is 0 Å². The first-order chi connectivity index (χ1) is 13.6. The molecule has 12 heteroatoms. The van der Waals surface area contributed by atoms with Crippen molar-refractivity contribution in [3.05, 3.63) is 42.5 Å². The molecule has 0 saturated heterocycles. The third kappa shape index (κ3) is 5.44. The molecule has 10 nitrogen and oxygen atoms in total. The Bertz CT molecular complexity index is 1130. The van der Waals surface area contributed by atoms with Crippen molar-refractivity contribution in [1.82, 2.24) is 4.72 Å². The summed E-state index contributed by atoms with van der Waals surface area (Å²) in [6.45, 7) is 0.570. The summed E-state index contributed by atoms with van der Waals surface area (Å²) in [6, 6.07) is 9.68. The SMILES string of the molecule is NS(=O)(=O)c1cccc(NC(=O)CCNS(=O)(=O)c2ccc3c(c2)OCCO3)c1. The van der Waals surface area contributed by atoms with Crippen LogP contribution in [-0.2, 0) is 24.8 Å². The summed E-state index contributed by atoms with van der Waals surface area (Å²) in [5.74, 6) is 0.310. The van der Waals surface area contributed by atoms with E-state index in [9.17, 15) is 21.6 Å². The number of amides is 1. The van der Waals surface area contributed by atoms with Crippen LogP contribution in [0.3, 0.4) is 0 Å². The van der Waals surface area contributed by atoms with Gasteiger partial charge < -0.3 is 14.8 Å². The molecule has 0 aromatic heterocycles. The number of anilines is 1. The fourth-order valence-corrected chi connectivity index (χ4v) is 4.15. The molecule has 0 unspecified atom stereocenters. The summed E-state index contributed by atoms with van der Waals surface area (Å²) in [5, 5.41) is 7.54. The molecular formula is C17H19N3O7S2. The number of nitrogens with one attached hydrogen (secondary N) is 2. The topological polar surface area (TPSA) is 154 Å². The number of benzene rings is 2. The minimum atomic E-state index is -3.90. The molecule has 0 fully saturated rings. The van der Waals surface area contributed by atoms with Crippen LogP contribution in [0, 0.1) is 0 Å². The molecule has 2 aromatic carbocycles. The van der Waals surface area contributed by atoms with Crippen molar-refractivity contribution in [3.8, 4) is 11.5 Å². The minimum Gasteiger partial charge on any atom is -0.486 e. The largest absolute Gasteiger partial charge is 0.486 e. The number of hydrogen-bond donors (Lipinski definition) is 3. The summed E-state index contributed by atoms with van der Waals surface area (Å²) in [5.41, 5.74) is 0.233. The van der Waals surface area contributed by atoms with Crippen LogP contribution in [0.1, 0.15) is 6.42 Å². The van der Waals surface area contributed by atoms with Crippen LogP contribution in [-0.4, -0.2) is 42.5 Å². The fourth-order valence-electron chi connectivity index (χ4n) is 2.55. The first-order valence-electron chi connectivity index (χ1n) is 8.47. The van der Waals surface area contributed by atoms with Gasteiger partial charge >= 0.3 is 0 Å². The van der Waals surface area contributed by atoms with Gasteiger partial charge in [0.15, 0.2) is 11.5 Å². The van der Waals surface area contributed by atoms with Gasteiger partial charge in [0, 0.05) is 24.7 Å². The van der Waals surface area contributed by atoms with E-state index in [1.807, 2.05) is 0 Å². The average Bonchev–Trinajstić information content (AvgIpc) is 2.67. The van der Waals surface area contributed by atoms with Crippen LogP contribution in [0.4, 0.5) is 5.69 Å². The van der Waals surface area contributed by atoms with Crippen LogP contribution < -0.4 is 24.7 Å². The van der Waals surface area contributed by atoms with E-state index in [0.29, 0.717) is 24.7 Å². The summed E-state index contributed by atoms with van der Waals surface area (Å²) < 4.78 is 60.5. The molecule has 1 heterocycles. The zero-order chi connectivity index (χ0) is 21.1. The Morgan fingerprint density at radius 1 is 0.966 bits per heavy atom. The van der Waals surface area contributed by atoms with Crippen molar-refractivity contribution < 1.29 is 31.1 Å². The molecule has 156 valence electrons. The number of ether oxygens (including phenoxy) is 2. The van der Waals surface area contributed by atoms with Gasteiger partial charge in [-0.2, -0.15) is 0 Å². The van der Waals surface area contributed by atoms with E-state index in [0.717, 1.165) is 0 Å². The minimum absolute atomic E-state index is 0.0111. The first kappa shape index (κ1) is 21.0. The number of rotatable bonds is 7. The maximum absolute atomic E-state index is 12.4. The Kier molecular flexibility index (Phi) is 6.07. The van der Waals surface area contributed by atoms with Gasteiger partial charge in [0.25, 0.3) is 0 Å². The molecule has 0 atom stereocenters. The van der Waals surface area contributed by atoms with Crippen LogP contribution in [0.5, 0.6) is 11.5 Å². The highest BCUT2D eigenvalue weighted by molar-refractivity contribution is 7.89. The van der Waals surface area contributed by atoms with E-state index >= 15 is 0 Å². The third-order valence-electron chi connectivity index (χ3n) is 3.91. The maximum atomic E-state index is 12.4. The zero-order valence-electron chi connectivity index (χ0n) is 15.1. The molecule has 2 aromatic rings. The Morgan fingerprint density at radius 2 is 1.69 bits per heavy atom. The van der Waals surface area contributed by atoms with Crippen LogP contribution >= 0.6 is 0 Å². The number of hydrogen-bond acceptors (Lipinski definition) is 7. The molecular weight excluding hydrogens is 422 g/mol. The lowest BCUT2D eigenvalue weighted by molar-refractivity contribution is -0.116. The van der Waals surface area contributed by atoms with Gasteiger partial charge in [0.1, 0.15) is 13.2 Å². The van der Waals surface area contributed by atoms with Gasteiger partial charge in [-0.15, -0.1) is 0 Å². The van der Waals surface area contributed by atoms with E-state index in [2.05, 4.69) is 10.0 Å². The van der Waals surface area contributed by atoms with Gasteiger partial charge in [0.2, 0.25) is 26.0 Å². The molecule has 0 bridgehead atoms. The zero-order valence-corrected chi connectivity index (χ0v) is 16.8. The summed E-state index contributed by atoms with van der Waals surface area (Å²) >= 11 is 0. The lowest BCUT2D eigenvalue weighted by atomic mass is 10.3. The molecule has 1 aliphatic heterocycles. The van der Waals surface area contributed by atoms with Gasteiger partial charge in [-0.3, -0.25) is 4.79 Å². The number of fused-ring (bicyclic) bond motifs is 1. The molecule has 29 heavy (non-hydrogen) atoms.